The van der Waals surface area contributed by atoms with Crippen LogP contribution in [-0.2, 0) is 10.2 Å². The van der Waals surface area contributed by atoms with Gasteiger partial charge >= 0.3 is 0 Å². The number of hydrogen-bond acceptors (Lipinski definition) is 7. The lowest BCUT2D eigenvalue weighted by atomic mass is 9.87. The third kappa shape index (κ3) is 7.61. The maximum atomic E-state index is 14.1. The topological polar surface area (TPSA) is 91.2 Å². The Morgan fingerprint density at radius 1 is 0.960 bits per heavy atom. The highest BCUT2D eigenvalue weighted by Gasteiger charge is 2.32. The van der Waals surface area contributed by atoms with Gasteiger partial charge < -0.3 is 19.5 Å². The molecule has 1 aliphatic heterocycles. The second kappa shape index (κ2) is 14.9. The summed E-state index contributed by atoms with van der Waals surface area (Å²) in [6.07, 6.45) is 1.80. The lowest BCUT2D eigenvalue weighted by Crippen LogP contribution is -2.40. The highest BCUT2D eigenvalue weighted by atomic mass is 79.9. The fraction of sp³-hybridized carbons (Fsp3) is 0.225. The van der Waals surface area contributed by atoms with Crippen LogP contribution in [0.1, 0.15) is 50.4 Å². The van der Waals surface area contributed by atoms with Crippen molar-refractivity contribution in [1.82, 2.24) is 4.57 Å². The van der Waals surface area contributed by atoms with E-state index in [1.54, 1.807) is 24.7 Å². The van der Waals surface area contributed by atoms with E-state index in [4.69, 9.17) is 19.2 Å². The summed E-state index contributed by atoms with van der Waals surface area (Å²) < 4.78 is 20.4. The van der Waals surface area contributed by atoms with Crippen LogP contribution in [0.2, 0.25) is 0 Å². The maximum absolute atomic E-state index is 14.1. The molecule has 0 fully saturated rings. The lowest BCUT2D eigenvalue weighted by molar-refractivity contribution is -0.113. The molecule has 8 nitrogen and oxygen atoms in total. The Labute approximate surface area is 303 Å². The summed E-state index contributed by atoms with van der Waals surface area (Å²) in [5.74, 6) is 1.50. The molecule has 0 spiro atoms. The molecule has 1 aliphatic rings. The standard InChI is InChI=1S/C40H38BrN3O5S/c1-25-34(37(45)43-29-14-10-7-11-15-29)35(27-12-8-6-9-13-27)44-38(46)33(50-39(44)42-25)24-26-22-31(41)36(32(23-26)47-5)49-21-20-48-30-18-16-28(17-19-30)40(2,3)4/h6-19,22-24,35H,20-21H2,1-5H3,(H,43,45)/b33-24-/t35-/m1/s1. The van der Waals surface area contributed by atoms with Crippen LogP contribution in [0.25, 0.3) is 6.08 Å². The fourth-order valence-corrected chi connectivity index (χ4v) is 7.37. The number of fused-ring (bicyclic) bond motifs is 1. The van der Waals surface area contributed by atoms with E-state index in [-0.39, 0.29) is 16.9 Å². The van der Waals surface area contributed by atoms with E-state index in [1.807, 2.05) is 84.9 Å². The molecule has 4 aromatic carbocycles. The van der Waals surface area contributed by atoms with E-state index >= 15 is 0 Å². The van der Waals surface area contributed by atoms with Crippen molar-refractivity contribution in [3.63, 3.8) is 0 Å². The molecule has 0 bridgehead atoms. The molecule has 1 atom stereocenters. The van der Waals surface area contributed by atoms with Crippen LogP contribution in [0.3, 0.4) is 0 Å². The number of carbonyl (C=O) groups is 1. The lowest BCUT2D eigenvalue weighted by Gasteiger charge is -2.25. The normalized spacial score (nSPS) is 14.5. The summed E-state index contributed by atoms with van der Waals surface area (Å²) >= 11 is 4.91. The van der Waals surface area contributed by atoms with Crippen molar-refractivity contribution < 1.29 is 19.0 Å². The quantitative estimate of drug-likeness (QED) is 0.150. The van der Waals surface area contributed by atoms with Gasteiger partial charge in [-0.2, -0.15) is 0 Å². The first-order valence-corrected chi connectivity index (χ1v) is 17.8. The van der Waals surface area contributed by atoms with Crippen LogP contribution in [-0.4, -0.2) is 30.8 Å². The SMILES string of the molecule is COc1cc(/C=c2\sc3n(c2=O)[C@H](c2ccccc2)C(C(=O)Nc2ccccc2)=C(C)N=3)cc(Br)c1OCCOc1ccc(C(C)(C)C)cc1. The second-order valence-corrected chi connectivity index (χ2v) is 14.7. The molecular weight excluding hydrogens is 714 g/mol. The van der Waals surface area contributed by atoms with Gasteiger partial charge in [0.15, 0.2) is 16.3 Å². The zero-order valence-electron chi connectivity index (χ0n) is 28.5. The van der Waals surface area contributed by atoms with Crippen molar-refractivity contribution in [2.24, 2.45) is 4.99 Å². The van der Waals surface area contributed by atoms with E-state index in [0.717, 1.165) is 16.9 Å². The van der Waals surface area contributed by atoms with Crippen molar-refractivity contribution in [2.75, 3.05) is 25.6 Å². The molecular formula is C40H38BrN3O5S. The minimum atomic E-state index is -0.658. The van der Waals surface area contributed by atoms with Gasteiger partial charge in [0.25, 0.3) is 11.5 Å². The van der Waals surface area contributed by atoms with Crippen molar-refractivity contribution in [3.8, 4) is 17.2 Å². The average molecular weight is 753 g/mol. The molecule has 0 radical (unpaired) electrons. The Hall–Kier alpha value is -4.93. The van der Waals surface area contributed by atoms with Gasteiger partial charge in [0.05, 0.1) is 33.4 Å². The number of benzene rings is 4. The summed E-state index contributed by atoms with van der Waals surface area (Å²) in [5, 5.41) is 2.98. The number of methoxy groups -OCH3 is 1. The number of carbonyl (C=O) groups excluding carboxylic acids is 1. The molecule has 50 heavy (non-hydrogen) atoms. The molecule has 0 saturated heterocycles. The van der Waals surface area contributed by atoms with Gasteiger partial charge in [0, 0.05) is 5.69 Å². The number of halogens is 1. The molecule has 1 amide bonds. The highest BCUT2D eigenvalue weighted by Crippen LogP contribution is 2.37. The smallest absolute Gasteiger partial charge is 0.271 e. The molecule has 6 rings (SSSR count). The largest absolute Gasteiger partial charge is 0.493 e. The predicted octanol–water partition coefficient (Wildman–Crippen LogP) is 7.40. The van der Waals surface area contributed by atoms with Gasteiger partial charge in [0.1, 0.15) is 19.0 Å². The summed E-state index contributed by atoms with van der Waals surface area (Å²) in [6.45, 7) is 8.99. The van der Waals surface area contributed by atoms with Crippen molar-refractivity contribution >= 4 is 44.9 Å². The number of nitrogens with one attached hydrogen (secondary N) is 1. The van der Waals surface area contributed by atoms with Crippen LogP contribution in [0.15, 0.2) is 123 Å². The van der Waals surface area contributed by atoms with E-state index in [2.05, 4.69) is 54.2 Å². The molecule has 1 N–H and O–H groups in total. The third-order valence-electron chi connectivity index (χ3n) is 8.28. The predicted molar refractivity (Wildman–Crippen MR) is 202 cm³/mol. The number of rotatable bonds is 10. The second-order valence-electron chi connectivity index (χ2n) is 12.8. The number of amides is 1. The van der Waals surface area contributed by atoms with Crippen molar-refractivity contribution in [2.45, 2.75) is 39.2 Å². The minimum absolute atomic E-state index is 0.0749. The van der Waals surface area contributed by atoms with Crippen LogP contribution in [0.4, 0.5) is 5.69 Å². The monoisotopic (exact) mass is 751 g/mol. The maximum Gasteiger partial charge on any atom is 0.271 e. The van der Waals surface area contributed by atoms with Crippen LogP contribution < -0.4 is 34.4 Å². The fourth-order valence-electron chi connectivity index (χ4n) is 5.75. The Morgan fingerprint density at radius 2 is 1.62 bits per heavy atom. The Morgan fingerprint density at radius 3 is 2.28 bits per heavy atom. The molecule has 10 heteroatoms. The molecule has 0 aliphatic carbocycles. The van der Waals surface area contributed by atoms with Crippen LogP contribution in [0.5, 0.6) is 17.2 Å². The Bertz CT molecular complexity index is 2220. The van der Waals surface area contributed by atoms with Gasteiger partial charge in [-0.3, -0.25) is 14.2 Å². The van der Waals surface area contributed by atoms with Gasteiger partial charge in [-0.15, -0.1) is 0 Å². The summed E-state index contributed by atoms with van der Waals surface area (Å²) in [6, 6.07) is 29.9. The van der Waals surface area contributed by atoms with Gasteiger partial charge in [-0.05, 0) is 87.4 Å². The third-order valence-corrected chi connectivity index (χ3v) is 9.85. The number of allylic oxidation sites excluding steroid dienone is 1. The molecule has 2 heterocycles. The number of para-hydroxylation sites is 1. The van der Waals surface area contributed by atoms with E-state index in [1.165, 1.54) is 16.9 Å². The first-order chi connectivity index (χ1) is 24.0. The number of hydrogen-bond donors (Lipinski definition) is 1. The average Bonchev–Trinajstić information content (AvgIpc) is 3.40. The number of thiazole rings is 1. The van der Waals surface area contributed by atoms with Gasteiger partial charge in [0.2, 0.25) is 0 Å². The number of anilines is 1. The first kappa shape index (κ1) is 34.9. The first-order valence-electron chi connectivity index (χ1n) is 16.2. The molecule has 5 aromatic rings. The molecule has 0 saturated carbocycles. The van der Waals surface area contributed by atoms with Crippen LogP contribution >= 0.6 is 27.3 Å². The zero-order chi connectivity index (χ0) is 35.4. The highest BCUT2D eigenvalue weighted by molar-refractivity contribution is 9.10. The molecule has 1 aromatic heterocycles. The van der Waals surface area contributed by atoms with Gasteiger partial charge in [-0.1, -0.05) is 92.8 Å². The minimum Gasteiger partial charge on any atom is -0.493 e. The zero-order valence-corrected chi connectivity index (χ0v) is 30.9. The Balaban J connectivity index is 1.26. The van der Waals surface area contributed by atoms with Crippen LogP contribution in [0, 0.1) is 0 Å². The van der Waals surface area contributed by atoms with Crippen molar-refractivity contribution in [3.05, 3.63) is 149 Å². The van der Waals surface area contributed by atoms with Gasteiger partial charge in [-0.25, -0.2) is 4.99 Å². The van der Waals surface area contributed by atoms with Crippen molar-refractivity contribution in [1.29, 1.82) is 0 Å². The summed E-state index contributed by atoms with van der Waals surface area (Å²) in [5.41, 5.74) is 4.24. The van der Waals surface area contributed by atoms with E-state index < -0.39 is 6.04 Å². The number of nitrogens with zero attached hydrogens (tertiary/aromatic N) is 2. The molecule has 0 unspecified atom stereocenters. The van der Waals surface area contributed by atoms with E-state index in [9.17, 15) is 9.59 Å². The Kier molecular flexibility index (Phi) is 10.4. The van der Waals surface area contributed by atoms with E-state index in [0.29, 0.717) is 55.5 Å². The number of ether oxygens (including phenoxy) is 3. The number of aromatic nitrogens is 1. The summed E-state index contributed by atoms with van der Waals surface area (Å²) in [7, 11) is 1.57. The molecule has 256 valence electrons. The summed E-state index contributed by atoms with van der Waals surface area (Å²) in [4.78, 5) is 33.2.